The Labute approximate surface area is 125 Å². The van der Waals surface area contributed by atoms with Crippen LogP contribution in [0.25, 0.3) is 0 Å². The Balaban J connectivity index is 4.41. The van der Waals surface area contributed by atoms with Gasteiger partial charge < -0.3 is 4.90 Å². The molecule has 0 spiro atoms. The zero-order chi connectivity index (χ0) is 15.5. The van der Waals surface area contributed by atoms with Gasteiger partial charge in [-0.05, 0) is 46.0 Å². The van der Waals surface area contributed by atoms with E-state index >= 15 is 0 Å². The molecule has 0 radical (unpaired) electrons. The highest BCUT2D eigenvalue weighted by Gasteiger charge is 2.12. The number of amides is 1. The lowest BCUT2D eigenvalue weighted by atomic mass is 10.1. The van der Waals surface area contributed by atoms with Gasteiger partial charge in [0.05, 0.1) is 0 Å². The highest BCUT2D eigenvalue weighted by molar-refractivity contribution is 5.76. The smallest absolute Gasteiger partial charge is 0.222 e. The highest BCUT2D eigenvalue weighted by Crippen LogP contribution is 2.09. The van der Waals surface area contributed by atoms with E-state index in [4.69, 9.17) is 0 Å². The monoisotopic (exact) mass is 279 g/mol. The molecule has 20 heavy (non-hydrogen) atoms. The third kappa shape index (κ3) is 9.82. The minimum absolute atomic E-state index is 0.287. The Morgan fingerprint density at radius 3 is 2.25 bits per heavy atom. The molecular formula is C18H33NO. The molecule has 0 saturated carbocycles. The van der Waals surface area contributed by atoms with E-state index in [-0.39, 0.29) is 5.91 Å². The van der Waals surface area contributed by atoms with Gasteiger partial charge in [-0.2, -0.15) is 0 Å². The molecule has 0 rings (SSSR count). The molecule has 0 aliphatic carbocycles. The molecular weight excluding hydrogens is 246 g/mol. The number of allylic oxidation sites excluding steroid dienone is 3. The van der Waals surface area contributed by atoms with Gasteiger partial charge in [0.1, 0.15) is 0 Å². The van der Waals surface area contributed by atoms with Crippen LogP contribution >= 0.6 is 0 Å². The number of rotatable bonds is 9. The van der Waals surface area contributed by atoms with Crippen molar-refractivity contribution < 1.29 is 4.79 Å². The zero-order valence-electron chi connectivity index (χ0n) is 14.3. The second-order valence-corrected chi connectivity index (χ2v) is 6.31. The molecule has 0 N–H and O–H groups in total. The van der Waals surface area contributed by atoms with Gasteiger partial charge in [-0.1, -0.05) is 44.1 Å². The zero-order valence-corrected chi connectivity index (χ0v) is 14.3. The van der Waals surface area contributed by atoms with Crippen LogP contribution < -0.4 is 0 Å². The molecule has 0 aromatic rings. The molecule has 0 heterocycles. The summed E-state index contributed by atoms with van der Waals surface area (Å²) in [4.78, 5) is 14.1. The van der Waals surface area contributed by atoms with Crippen molar-refractivity contribution in [2.24, 2.45) is 5.92 Å². The molecule has 0 saturated heterocycles. The summed E-state index contributed by atoms with van der Waals surface area (Å²) >= 11 is 0. The third-order valence-corrected chi connectivity index (χ3v) is 3.15. The minimum Gasteiger partial charge on any atom is -0.339 e. The summed E-state index contributed by atoms with van der Waals surface area (Å²) in [7, 11) is 0. The number of hydrogen-bond donors (Lipinski definition) is 0. The topological polar surface area (TPSA) is 20.3 Å². The largest absolute Gasteiger partial charge is 0.339 e. The molecule has 0 unspecified atom stereocenters. The number of nitrogens with zero attached hydrogens (tertiary/aromatic N) is 1. The fourth-order valence-electron chi connectivity index (χ4n) is 2.05. The van der Waals surface area contributed by atoms with Crippen LogP contribution in [0, 0.1) is 5.92 Å². The molecule has 0 atom stereocenters. The second-order valence-electron chi connectivity index (χ2n) is 6.31. The van der Waals surface area contributed by atoms with Crippen molar-refractivity contribution in [3.63, 3.8) is 0 Å². The van der Waals surface area contributed by atoms with Crippen LogP contribution in [0.2, 0.25) is 0 Å². The molecule has 2 nitrogen and oxygen atoms in total. The molecule has 0 fully saturated rings. The van der Waals surface area contributed by atoms with Crippen LogP contribution in [0.1, 0.15) is 67.2 Å². The molecule has 0 aliphatic rings. The summed E-state index contributed by atoms with van der Waals surface area (Å²) < 4.78 is 0. The van der Waals surface area contributed by atoms with Gasteiger partial charge in [0.2, 0.25) is 5.91 Å². The van der Waals surface area contributed by atoms with E-state index in [0.717, 1.165) is 32.4 Å². The first-order chi connectivity index (χ1) is 9.36. The van der Waals surface area contributed by atoms with Crippen LogP contribution in [0.5, 0.6) is 0 Å². The summed E-state index contributed by atoms with van der Waals surface area (Å²) in [6.45, 7) is 14.4. The summed E-state index contributed by atoms with van der Waals surface area (Å²) in [5.41, 5.74) is 2.75. The minimum atomic E-state index is 0.287. The van der Waals surface area contributed by atoms with Gasteiger partial charge >= 0.3 is 0 Å². The van der Waals surface area contributed by atoms with Crippen molar-refractivity contribution in [3.05, 3.63) is 23.3 Å². The van der Waals surface area contributed by atoms with E-state index in [2.05, 4.69) is 53.7 Å². The predicted octanol–water partition coefficient (Wildman–Crippen LogP) is 4.96. The van der Waals surface area contributed by atoms with Gasteiger partial charge in [0.15, 0.2) is 0 Å². The first kappa shape index (κ1) is 18.9. The summed E-state index contributed by atoms with van der Waals surface area (Å²) in [6, 6.07) is 0. The average Bonchev–Trinajstić information content (AvgIpc) is 2.33. The quantitative estimate of drug-likeness (QED) is 0.546. The van der Waals surface area contributed by atoms with Crippen LogP contribution in [0.3, 0.4) is 0 Å². The number of carbonyl (C=O) groups is 1. The van der Waals surface area contributed by atoms with Gasteiger partial charge in [-0.15, -0.1) is 0 Å². The van der Waals surface area contributed by atoms with Crippen molar-refractivity contribution in [3.8, 4) is 0 Å². The molecule has 1 amide bonds. The van der Waals surface area contributed by atoms with Crippen molar-refractivity contribution in [1.82, 2.24) is 4.90 Å². The molecule has 0 aromatic heterocycles. The third-order valence-electron chi connectivity index (χ3n) is 3.15. The maximum Gasteiger partial charge on any atom is 0.222 e. The van der Waals surface area contributed by atoms with Crippen molar-refractivity contribution in [1.29, 1.82) is 0 Å². The van der Waals surface area contributed by atoms with Gasteiger partial charge in [-0.25, -0.2) is 0 Å². The van der Waals surface area contributed by atoms with Crippen molar-refractivity contribution >= 4 is 5.91 Å². The van der Waals surface area contributed by atoms with Gasteiger partial charge in [0.25, 0.3) is 0 Å². The van der Waals surface area contributed by atoms with Crippen LogP contribution in [-0.2, 0) is 4.79 Å². The van der Waals surface area contributed by atoms with E-state index < -0.39 is 0 Å². The molecule has 116 valence electrons. The predicted molar refractivity (Wildman–Crippen MR) is 88.7 cm³/mol. The Hall–Kier alpha value is -1.05. The standard InChI is InChI=1S/C18H33NO/c1-7-9-18(20)19(14-16(4)5)13-12-17(6)11-8-10-15(2)3/h10,12,16H,7-9,11,13-14H2,1-6H3. The molecule has 0 bridgehead atoms. The van der Waals surface area contributed by atoms with Crippen molar-refractivity contribution in [2.75, 3.05) is 13.1 Å². The van der Waals surface area contributed by atoms with Crippen molar-refractivity contribution in [2.45, 2.75) is 67.2 Å². The van der Waals surface area contributed by atoms with Crippen LogP contribution in [0.15, 0.2) is 23.3 Å². The fourth-order valence-corrected chi connectivity index (χ4v) is 2.05. The first-order valence-electron chi connectivity index (χ1n) is 7.93. The normalized spacial score (nSPS) is 11.7. The lowest BCUT2D eigenvalue weighted by Crippen LogP contribution is -2.34. The lowest BCUT2D eigenvalue weighted by molar-refractivity contribution is -0.131. The fraction of sp³-hybridized carbons (Fsp3) is 0.722. The first-order valence-corrected chi connectivity index (χ1v) is 7.93. The summed E-state index contributed by atoms with van der Waals surface area (Å²) in [6.07, 6.45) is 8.26. The summed E-state index contributed by atoms with van der Waals surface area (Å²) in [5.74, 6) is 0.810. The summed E-state index contributed by atoms with van der Waals surface area (Å²) in [5, 5.41) is 0. The maximum absolute atomic E-state index is 12.1. The lowest BCUT2D eigenvalue weighted by Gasteiger charge is -2.23. The maximum atomic E-state index is 12.1. The van der Waals surface area contributed by atoms with E-state index in [9.17, 15) is 4.79 Å². The van der Waals surface area contributed by atoms with E-state index in [1.807, 2.05) is 4.90 Å². The van der Waals surface area contributed by atoms with E-state index in [0.29, 0.717) is 12.3 Å². The Kier molecular flexibility index (Phi) is 10.1. The van der Waals surface area contributed by atoms with E-state index in [1.54, 1.807) is 0 Å². The average molecular weight is 279 g/mol. The van der Waals surface area contributed by atoms with Crippen LogP contribution in [0.4, 0.5) is 0 Å². The van der Waals surface area contributed by atoms with Gasteiger partial charge in [-0.3, -0.25) is 4.79 Å². The molecule has 2 heteroatoms. The number of carbonyl (C=O) groups excluding carboxylic acids is 1. The SMILES string of the molecule is CCCC(=O)N(CC=C(C)CCC=C(C)C)CC(C)C. The molecule has 0 aliphatic heterocycles. The highest BCUT2D eigenvalue weighted by atomic mass is 16.2. The Morgan fingerprint density at radius 1 is 1.10 bits per heavy atom. The van der Waals surface area contributed by atoms with Crippen LogP contribution in [-0.4, -0.2) is 23.9 Å². The second kappa shape index (κ2) is 10.7. The Morgan fingerprint density at radius 2 is 1.75 bits per heavy atom. The number of hydrogen-bond acceptors (Lipinski definition) is 1. The molecule has 0 aromatic carbocycles. The van der Waals surface area contributed by atoms with E-state index in [1.165, 1.54) is 11.1 Å². The van der Waals surface area contributed by atoms with Gasteiger partial charge in [0, 0.05) is 19.5 Å². The Bertz CT molecular complexity index is 335.